The van der Waals surface area contributed by atoms with Crippen LogP contribution in [-0.2, 0) is 4.79 Å². The molecule has 2 aliphatic rings. The third-order valence-corrected chi connectivity index (χ3v) is 5.68. The number of rotatable bonds is 1. The Morgan fingerprint density at radius 3 is 2.71 bits per heavy atom. The number of likely N-dealkylation sites (tertiary alicyclic amines) is 2. The molecule has 5 nitrogen and oxygen atoms in total. The fourth-order valence-electron chi connectivity index (χ4n) is 3.72. The first-order chi connectivity index (χ1) is 11.4. The Morgan fingerprint density at radius 2 is 2.00 bits per heavy atom. The van der Waals surface area contributed by atoms with E-state index >= 15 is 0 Å². The van der Waals surface area contributed by atoms with Crippen molar-refractivity contribution in [2.75, 3.05) is 26.7 Å². The summed E-state index contributed by atoms with van der Waals surface area (Å²) in [4.78, 5) is 31.1. The Hall–Kier alpha value is -1.79. The number of nitrogens with zero attached hydrogens (tertiary/aromatic N) is 2. The average Bonchev–Trinajstić information content (AvgIpc) is 3.18. The molecule has 2 saturated heterocycles. The van der Waals surface area contributed by atoms with Gasteiger partial charge in [0.1, 0.15) is 11.5 Å². The van der Waals surface area contributed by atoms with Crippen LogP contribution in [0.3, 0.4) is 0 Å². The molecule has 126 valence electrons. The van der Waals surface area contributed by atoms with E-state index in [0.29, 0.717) is 30.5 Å². The molecule has 1 aromatic heterocycles. The molecule has 2 fully saturated rings. The maximum Gasteiger partial charge on any atom is 0.271 e. The summed E-state index contributed by atoms with van der Waals surface area (Å²) in [6.07, 6.45) is 0. The van der Waals surface area contributed by atoms with Gasteiger partial charge in [0, 0.05) is 43.5 Å². The molecule has 0 radical (unpaired) electrons. The van der Waals surface area contributed by atoms with Gasteiger partial charge in [-0.2, -0.15) is 0 Å². The summed E-state index contributed by atoms with van der Waals surface area (Å²) in [6, 6.07) is 2.72. The second-order valence-corrected chi connectivity index (χ2v) is 7.15. The van der Waals surface area contributed by atoms with Crippen LogP contribution in [0.1, 0.15) is 10.5 Å². The summed E-state index contributed by atoms with van der Waals surface area (Å²) in [5.74, 6) is -0.812. The van der Waals surface area contributed by atoms with Crippen LogP contribution in [-0.4, -0.2) is 53.3 Å². The number of halogens is 3. The van der Waals surface area contributed by atoms with Crippen LogP contribution in [0.4, 0.5) is 4.39 Å². The fraction of sp³-hybridized carbons (Fsp3) is 0.375. The van der Waals surface area contributed by atoms with Gasteiger partial charge in [-0.3, -0.25) is 9.59 Å². The van der Waals surface area contributed by atoms with Crippen molar-refractivity contribution in [1.82, 2.24) is 14.8 Å². The summed E-state index contributed by atoms with van der Waals surface area (Å²) in [5.41, 5.74) is 0.685. The summed E-state index contributed by atoms with van der Waals surface area (Å²) in [7, 11) is 1.78. The first-order valence-corrected chi connectivity index (χ1v) is 8.33. The molecule has 2 aromatic rings. The van der Waals surface area contributed by atoms with E-state index in [9.17, 15) is 14.0 Å². The number of benzene rings is 1. The number of carbonyl (C=O) groups is 2. The number of hydrogen-bond donors (Lipinski definition) is 1. The summed E-state index contributed by atoms with van der Waals surface area (Å²) >= 11 is 12.2. The Bertz CT molecular complexity index is 882. The molecule has 2 aliphatic heterocycles. The standard InChI is InChI=1S/C16H14Cl2FN3O2/c1-21-4-7-5-22(6-8(7)15(21)23)16(24)14-13(18)11-10(20-14)3-2-9(19)12(11)17/h2-3,7-8,20H,4-6H2,1H3/t7-,8+/m1/s1. The van der Waals surface area contributed by atoms with Gasteiger partial charge in [0.05, 0.1) is 16.0 Å². The highest BCUT2D eigenvalue weighted by Gasteiger charge is 2.46. The van der Waals surface area contributed by atoms with Crippen LogP contribution in [0.15, 0.2) is 12.1 Å². The van der Waals surface area contributed by atoms with Gasteiger partial charge in [-0.25, -0.2) is 4.39 Å². The van der Waals surface area contributed by atoms with E-state index in [-0.39, 0.29) is 39.4 Å². The van der Waals surface area contributed by atoms with Crippen LogP contribution >= 0.6 is 23.2 Å². The van der Waals surface area contributed by atoms with Crippen LogP contribution < -0.4 is 0 Å². The van der Waals surface area contributed by atoms with E-state index < -0.39 is 5.82 Å². The first kappa shape index (κ1) is 15.7. The molecule has 0 unspecified atom stereocenters. The zero-order chi connectivity index (χ0) is 17.2. The van der Waals surface area contributed by atoms with Crippen molar-refractivity contribution in [3.05, 3.63) is 33.7 Å². The molecule has 0 bridgehead atoms. The second kappa shape index (κ2) is 5.36. The highest BCUT2D eigenvalue weighted by atomic mass is 35.5. The van der Waals surface area contributed by atoms with Gasteiger partial charge >= 0.3 is 0 Å². The van der Waals surface area contributed by atoms with E-state index in [1.54, 1.807) is 16.8 Å². The number of nitrogens with one attached hydrogen (secondary N) is 1. The Labute approximate surface area is 147 Å². The maximum absolute atomic E-state index is 13.6. The van der Waals surface area contributed by atoms with Gasteiger partial charge in [-0.1, -0.05) is 23.2 Å². The molecular formula is C16H14Cl2FN3O2. The summed E-state index contributed by atoms with van der Waals surface area (Å²) in [6.45, 7) is 1.54. The normalized spacial score (nSPS) is 23.4. The largest absolute Gasteiger partial charge is 0.349 e. The minimum atomic E-state index is -0.589. The lowest BCUT2D eigenvalue weighted by Gasteiger charge is -2.19. The lowest BCUT2D eigenvalue weighted by atomic mass is 10.0. The van der Waals surface area contributed by atoms with Crippen molar-refractivity contribution in [2.24, 2.45) is 11.8 Å². The van der Waals surface area contributed by atoms with Crippen LogP contribution in [0.5, 0.6) is 0 Å². The predicted octanol–water partition coefficient (Wildman–Crippen LogP) is 2.77. The van der Waals surface area contributed by atoms with Crippen molar-refractivity contribution in [3.8, 4) is 0 Å². The van der Waals surface area contributed by atoms with Crippen molar-refractivity contribution < 1.29 is 14.0 Å². The highest BCUT2D eigenvalue weighted by molar-refractivity contribution is 6.44. The molecule has 3 heterocycles. The van der Waals surface area contributed by atoms with Crippen molar-refractivity contribution in [2.45, 2.75) is 0 Å². The summed E-state index contributed by atoms with van der Waals surface area (Å²) in [5, 5.41) is 0.305. The number of aromatic amines is 1. The molecule has 0 saturated carbocycles. The number of hydrogen-bond acceptors (Lipinski definition) is 2. The second-order valence-electron chi connectivity index (χ2n) is 6.39. The number of H-pyrrole nitrogens is 1. The van der Waals surface area contributed by atoms with Gasteiger partial charge in [0.25, 0.3) is 5.91 Å². The van der Waals surface area contributed by atoms with Crippen LogP contribution in [0.25, 0.3) is 10.9 Å². The monoisotopic (exact) mass is 369 g/mol. The first-order valence-electron chi connectivity index (χ1n) is 7.58. The lowest BCUT2D eigenvalue weighted by molar-refractivity contribution is -0.129. The zero-order valence-electron chi connectivity index (χ0n) is 12.8. The molecule has 2 amide bonds. The molecule has 1 aromatic carbocycles. The molecule has 1 N–H and O–H groups in total. The number of fused-ring (bicyclic) bond motifs is 2. The van der Waals surface area contributed by atoms with E-state index in [1.807, 2.05) is 0 Å². The molecular weight excluding hydrogens is 356 g/mol. The Balaban J connectivity index is 1.67. The molecule has 0 aliphatic carbocycles. The van der Waals surface area contributed by atoms with Gasteiger partial charge < -0.3 is 14.8 Å². The molecule has 0 spiro atoms. The van der Waals surface area contributed by atoms with Gasteiger partial charge in [0.15, 0.2) is 0 Å². The molecule has 24 heavy (non-hydrogen) atoms. The van der Waals surface area contributed by atoms with Gasteiger partial charge in [0.2, 0.25) is 5.91 Å². The minimum absolute atomic E-state index is 0.0724. The molecule has 2 atom stereocenters. The lowest BCUT2D eigenvalue weighted by Crippen LogP contribution is -2.34. The van der Waals surface area contributed by atoms with Gasteiger partial charge in [-0.05, 0) is 12.1 Å². The molecule has 8 heteroatoms. The maximum atomic E-state index is 13.6. The summed E-state index contributed by atoms with van der Waals surface area (Å²) < 4.78 is 13.6. The van der Waals surface area contributed by atoms with Crippen molar-refractivity contribution in [3.63, 3.8) is 0 Å². The predicted molar refractivity (Wildman–Crippen MR) is 88.8 cm³/mol. The Morgan fingerprint density at radius 1 is 1.25 bits per heavy atom. The quantitative estimate of drug-likeness (QED) is 0.840. The van der Waals surface area contributed by atoms with Crippen molar-refractivity contribution in [1.29, 1.82) is 0 Å². The number of carbonyl (C=O) groups excluding carboxylic acids is 2. The topological polar surface area (TPSA) is 56.4 Å². The van der Waals surface area contributed by atoms with Gasteiger partial charge in [-0.15, -0.1) is 0 Å². The van der Waals surface area contributed by atoms with E-state index in [4.69, 9.17) is 23.2 Å². The van der Waals surface area contributed by atoms with Crippen molar-refractivity contribution >= 4 is 45.9 Å². The third-order valence-electron chi connectivity index (χ3n) is 4.94. The van der Waals surface area contributed by atoms with E-state index in [0.717, 1.165) is 0 Å². The SMILES string of the molecule is CN1C[C@@H]2CN(C(=O)c3[nH]c4ccc(F)c(Cl)c4c3Cl)C[C@@H]2C1=O. The minimum Gasteiger partial charge on any atom is -0.349 e. The highest BCUT2D eigenvalue weighted by Crippen LogP contribution is 2.37. The van der Waals surface area contributed by atoms with Crippen LogP contribution in [0.2, 0.25) is 10.0 Å². The third kappa shape index (κ3) is 2.13. The number of aromatic nitrogens is 1. The van der Waals surface area contributed by atoms with E-state index in [1.165, 1.54) is 12.1 Å². The smallest absolute Gasteiger partial charge is 0.271 e. The molecule has 4 rings (SSSR count). The zero-order valence-corrected chi connectivity index (χ0v) is 14.3. The van der Waals surface area contributed by atoms with E-state index in [2.05, 4.69) is 4.98 Å². The average molecular weight is 370 g/mol. The Kier molecular flexibility index (Phi) is 3.51. The fourth-order valence-corrected chi connectivity index (χ4v) is 4.35. The van der Waals surface area contributed by atoms with Crippen LogP contribution in [0, 0.1) is 17.7 Å². The number of amides is 2.